The monoisotopic (exact) mass is 470 g/mol. The van der Waals surface area contributed by atoms with Gasteiger partial charge in [0.05, 0.1) is 30.6 Å². The van der Waals surface area contributed by atoms with Crippen molar-refractivity contribution in [1.82, 2.24) is 24.3 Å². The number of anilines is 1. The average molecular weight is 471 g/mol. The third kappa shape index (κ3) is 3.90. The lowest BCUT2D eigenvalue weighted by atomic mass is 10.3. The predicted molar refractivity (Wildman–Crippen MR) is 110 cm³/mol. The maximum absolute atomic E-state index is 13.1. The Morgan fingerprint density at radius 1 is 1.26 bits per heavy atom. The van der Waals surface area contributed by atoms with Crippen molar-refractivity contribution >= 4 is 32.6 Å². The zero-order valence-electron chi connectivity index (χ0n) is 16.6. The van der Waals surface area contributed by atoms with Gasteiger partial charge in [-0.15, -0.1) is 10.2 Å². The van der Waals surface area contributed by atoms with Gasteiger partial charge in [-0.05, 0) is 25.8 Å². The Balaban J connectivity index is 1.66. The zero-order chi connectivity index (χ0) is 21.8. The average Bonchev–Trinajstić information content (AvgIpc) is 3.13. The molecule has 0 atom stereocenters. The molecule has 4 heterocycles. The number of imidazole rings is 1. The van der Waals surface area contributed by atoms with Gasteiger partial charge in [-0.2, -0.15) is 0 Å². The Hall–Kier alpha value is -2.22. The number of nitrogens with one attached hydrogen (secondary N) is 1. The minimum Gasteiger partial charge on any atom is -0.378 e. The van der Waals surface area contributed by atoms with Gasteiger partial charge in [-0.1, -0.05) is 11.3 Å². The number of pyridine rings is 1. The molecule has 166 valence electrons. The molecule has 0 aromatic carbocycles. The minimum atomic E-state index is -3.80. The number of morpholine rings is 1. The number of halogens is 2. The summed E-state index contributed by atoms with van der Waals surface area (Å²) in [7, 11) is -3.80. The lowest BCUT2D eigenvalue weighted by molar-refractivity contribution is 0.123. The van der Waals surface area contributed by atoms with Gasteiger partial charge in [0.1, 0.15) is 4.90 Å². The number of hydrogen-bond donors (Lipinski definition) is 1. The first-order chi connectivity index (χ1) is 14.8. The summed E-state index contributed by atoms with van der Waals surface area (Å²) in [5.41, 5.74) is 0.905. The van der Waals surface area contributed by atoms with E-state index in [1.54, 1.807) is 16.7 Å². The van der Waals surface area contributed by atoms with Crippen molar-refractivity contribution in [1.29, 1.82) is 0 Å². The summed E-state index contributed by atoms with van der Waals surface area (Å²) >= 11 is 0.734. The zero-order valence-corrected chi connectivity index (χ0v) is 18.2. The molecule has 1 saturated carbocycles. The van der Waals surface area contributed by atoms with E-state index in [0.29, 0.717) is 37.5 Å². The topological polar surface area (TPSA) is 102 Å². The molecule has 3 aromatic heterocycles. The van der Waals surface area contributed by atoms with Gasteiger partial charge >= 0.3 is 0 Å². The highest BCUT2D eigenvalue weighted by Crippen LogP contribution is 2.37. The smallest absolute Gasteiger partial charge is 0.291 e. The Kier molecular flexibility index (Phi) is 4.95. The molecule has 9 nitrogen and oxygen atoms in total. The van der Waals surface area contributed by atoms with Crippen molar-refractivity contribution in [2.75, 3.05) is 31.2 Å². The number of aromatic nitrogens is 4. The second-order valence-corrected chi connectivity index (χ2v) is 10.6. The molecule has 1 aliphatic carbocycles. The summed E-state index contributed by atoms with van der Waals surface area (Å²) in [5, 5.41) is 7.15. The van der Waals surface area contributed by atoms with Gasteiger partial charge in [0.2, 0.25) is 10.0 Å². The fourth-order valence-corrected chi connectivity index (χ4v) is 5.68. The summed E-state index contributed by atoms with van der Waals surface area (Å²) in [4.78, 5) is 6.47. The van der Waals surface area contributed by atoms with Crippen LogP contribution in [-0.4, -0.2) is 59.8 Å². The molecule has 0 bridgehead atoms. The molecule has 0 amide bonds. The quantitative estimate of drug-likeness (QED) is 0.591. The van der Waals surface area contributed by atoms with Gasteiger partial charge in [-0.25, -0.2) is 26.9 Å². The van der Waals surface area contributed by atoms with E-state index < -0.39 is 27.0 Å². The van der Waals surface area contributed by atoms with Crippen molar-refractivity contribution in [3.05, 3.63) is 23.5 Å². The second kappa shape index (κ2) is 7.43. The maximum atomic E-state index is 13.1. The second-order valence-electron chi connectivity index (χ2n) is 7.91. The highest BCUT2D eigenvalue weighted by Gasteiger charge is 2.41. The van der Waals surface area contributed by atoms with E-state index in [1.165, 1.54) is 6.20 Å². The number of hydrogen-bond acceptors (Lipinski definition) is 8. The summed E-state index contributed by atoms with van der Waals surface area (Å²) in [6, 6.07) is 1.63. The first-order valence-corrected chi connectivity index (χ1v) is 12.1. The highest BCUT2D eigenvalue weighted by molar-refractivity contribution is 7.89. The molecule has 1 N–H and O–H groups in total. The molecule has 2 aliphatic rings. The van der Waals surface area contributed by atoms with Crippen LogP contribution in [-0.2, 0) is 14.8 Å². The van der Waals surface area contributed by atoms with Gasteiger partial charge in [0.25, 0.3) is 6.43 Å². The molecule has 1 aliphatic heterocycles. The Bertz CT molecular complexity index is 1230. The van der Waals surface area contributed by atoms with Gasteiger partial charge < -0.3 is 9.64 Å². The van der Waals surface area contributed by atoms with E-state index in [1.807, 2.05) is 11.8 Å². The fourth-order valence-electron chi connectivity index (χ4n) is 3.50. The molecule has 0 unspecified atom stereocenters. The standard InChI is InChI=1S/C18H20F2N6O3S2/c1-18(2-3-18)24-31(27,28)11-8-12(25-4-6-29-7-5-25)13-9-21-15(26(13)10-11)17-23-22-16(30-17)14(19)20/h8-10,14,24H,2-7H2,1H3. The largest absolute Gasteiger partial charge is 0.378 e. The third-order valence-electron chi connectivity index (χ3n) is 5.46. The molecular weight excluding hydrogens is 450 g/mol. The molecule has 1 saturated heterocycles. The molecule has 0 radical (unpaired) electrons. The van der Waals surface area contributed by atoms with Gasteiger partial charge in [-0.3, -0.25) is 4.40 Å². The minimum absolute atomic E-state index is 0.0764. The van der Waals surface area contributed by atoms with Crippen LogP contribution in [0.15, 0.2) is 23.4 Å². The highest BCUT2D eigenvalue weighted by atomic mass is 32.2. The van der Waals surface area contributed by atoms with E-state index in [2.05, 4.69) is 19.9 Å². The van der Waals surface area contributed by atoms with Gasteiger partial charge in [0, 0.05) is 24.8 Å². The van der Waals surface area contributed by atoms with Crippen LogP contribution in [0.3, 0.4) is 0 Å². The SMILES string of the molecule is CC1(NS(=O)(=O)c2cc(N3CCOCC3)c3cnc(-c4nnc(C(F)F)s4)n3c2)CC1. The van der Waals surface area contributed by atoms with Crippen molar-refractivity contribution in [2.24, 2.45) is 0 Å². The number of fused-ring (bicyclic) bond motifs is 1. The lowest BCUT2D eigenvalue weighted by Gasteiger charge is -2.29. The number of sulfonamides is 1. The predicted octanol–water partition coefficient (Wildman–Crippen LogP) is 2.46. The van der Waals surface area contributed by atoms with Crippen molar-refractivity contribution in [2.45, 2.75) is 36.6 Å². The van der Waals surface area contributed by atoms with Crippen LogP contribution in [0.1, 0.15) is 31.2 Å². The van der Waals surface area contributed by atoms with Crippen molar-refractivity contribution in [3.8, 4) is 10.8 Å². The maximum Gasteiger partial charge on any atom is 0.291 e. The van der Waals surface area contributed by atoms with Crippen LogP contribution < -0.4 is 9.62 Å². The van der Waals surface area contributed by atoms with Crippen molar-refractivity contribution in [3.63, 3.8) is 0 Å². The summed E-state index contributed by atoms with van der Waals surface area (Å²) in [6.45, 7) is 4.10. The van der Waals surface area contributed by atoms with Gasteiger partial charge in [0.15, 0.2) is 15.8 Å². The molecule has 5 rings (SSSR count). The summed E-state index contributed by atoms with van der Waals surface area (Å²) < 4.78 is 62.0. The Labute approximate surface area is 181 Å². The summed E-state index contributed by atoms with van der Waals surface area (Å²) in [6.07, 6.45) is 1.88. The molecule has 0 spiro atoms. The number of ether oxygens (including phenoxy) is 1. The van der Waals surface area contributed by atoms with E-state index in [4.69, 9.17) is 4.74 Å². The van der Waals surface area contributed by atoms with E-state index in [-0.39, 0.29) is 15.7 Å². The van der Waals surface area contributed by atoms with Crippen LogP contribution in [0.2, 0.25) is 0 Å². The molecular formula is C18H20F2N6O3S2. The normalized spacial score (nSPS) is 18.8. The molecule has 3 aromatic rings. The van der Waals surface area contributed by atoms with Crippen LogP contribution >= 0.6 is 11.3 Å². The van der Waals surface area contributed by atoms with Crippen LogP contribution in [0.25, 0.3) is 16.3 Å². The molecule has 31 heavy (non-hydrogen) atoms. The summed E-state index contributed by atoms with van der Waals surface area (Å²) in [5.74, 6) is 0.267. The molecule has 13 heteroatoms. The fraction of sp³-hybridized carbons (Fsp3) is 0.500. The third-order valence-corrected chi connectivity index (χ3v) is 7.99. The van der Waals surface area contributed by atoms with Crippen LogP contribution in [0.4, 0.5) is 14.5 Å². The van der Waals surface area contributed by atoms with Crippen molar-refractivity contribution < 1.29 is 21.9 Å². The van der Waals surface area contributed by atoms with E-state index in [0.717, 1.165) is 24.2 Å². The Morgan fingerprint density at radius 3 is 2.65 bits per heavy atom. The van der Waals surface area contributed by atoms with E-state index in [9.17, 15) is 17.2 Å². The van der Waals surface area contributed by atoms with Crippen LogP contribution in [0, 0.1) is 0 Å². The molecule has 2 fully saturated rings. The lowest BCUT2D eigenvalue weighted by Crippen LogP contribution is -2.37. The van der Waals surface area contributed by atoms with Crippen LogP contribution in [0.5, 0.6) is 0 Å². The Morgan fingerprint density at radius 2 is 2.00 bits per heavy atom. The number of nitrogens with zero attached hydrogens (tertiary/aromatic N) is 5. The van der Waals surface area contributed by atoms with E-state index >= 15 is 0 Å². The first kappa shape index (κ1) is 20.7. The first-order valence-electron chi connectivity index (χ1n) is 9.75. The number of alkyl halides is 2. The number of rotatable bonds is 6.